The molecule has 48 heavy (non-hydrogen) atoms. The van der Waals surface area contributed by atoms with Crippen molar-refractivity contribution in [2.75, 3.05) is 45.9 Å². The Hall–Kier alpha value is -4.63. The maximum atomic E-state index is 14.8. The fraction of sp³-hybridized carbons (Fsp3) is 0.469. The van der Waals surface area contributed by atoms with Gasteiger partial charge in [-0.05, 0) is 30.9 Å². The molecule has 2 aliphatic rings. The van der Waals surface area contributed by atoms with Gasteiger partial charge in [-0.15, -0.1) is 16.4 Å². The molecule has 2 aromatic heterocycles. The van der Waals surface area contributed by atoms with E-state index in [9.17, 15) is 18.8 Å². The van der Waals surface area contributed by atoms with E-state index in [1.165, 1.54) is 22.1 Å². The molecule has 1 aromatic carbocycles. The standard InChI is InChI=1S/C28H36FN7O3S.C3H4O2.CO2/c1-19(2)18-35(21-15-20(16-30-17-21)27(37)34-10-12-39-13-11-34)28(38)26-24(7-8-25-31-9-14-40-25)36(33-32-26)23-6-4-3-5-22(23)29;1-2-3(4)5;2-1-3/h3-6,9,14,19-21,30H,7-8,10-13,15-18H2,1-2H3;2H,1H2,(H,4,5);/t20-,21+;;/m1../s1. The minimum Gasteiger partial charge on any atom is -0.478 e. The Labute approximate surface area is 281 Å². The van der Waals surface area contributed by atoms with Gasteiger partial charge in [0.05, 0.1) is 29.8 Å². The van der Waals surface area contributed by atoms with Crippen molar-refractivity contribution in [1.29, 1.82) is 0 Å². The summed E-state index contributed by atoms with van der Waals surface area (Å²) in [4.78, 5) is 61.1. The van der Waals surface area contributed by atoms with Crippen LogP contribution in [-0.4, -0.2) is 111 Å². The van der Waals surface area contributed by atoms with Crippen LogP contribution in [0.15, 0.2) is 48.5 Å². The van der Waals surface area contributed by atoms with Gasteiger partial charge in [-0.2, -0.15) is 9.59 Å². The highest BCUT2D eigenvalue weighted by Crippen LogP contribution is 2.25. The fourth-order valence-electron chi connectivity index (χ4n) is 5.42. The number of hydrogen-bond donors (Lipinski definition) is 2. The summed E-state index contributed by atoms with van der Waals surface area (Å²) >= 11 is 1.53. The van der Waals surface area contributed by atoms with Crippen LogP contribution < -0.4 is 5.32 Å². The smallest absolute Gasteiger partial charge is 0.373 e. The number of morpholine rings is 1. The van der Waals surface area contributed by atoms with Crippen LogP contribution in [-0.2, 0) is 36.8 Å². The van der Waals surface area contributed by atoms with Crippen LogP contribution in [0.5, 0.6) is 0 Å². The number of ether oxygens (including phenoxy) is 1. The number of hydrogen-bond acceptors (Lipinski definition) is 11. The molecule has 3 aromatic rings. The van der Waals surface area contributed by atoms with Crippen molar-refractivity contribution in [3.05, 3.63) is 70.7 Å². The molecule has 2 N–H and O–H groups in total. The summed E-state index contributed by atoms with van der Waals surface area (Å²) in [6.45, 7) is 11.0. The molecule has 0 spiro atoms. The number of halogens is 1. The molecule has 2 saturated heterocycles. The van der Waals surface area contributed by atoms with E-state index in [1.54, 1.807) is 24.4 Å². The Balaban J connectivity index is 0.000000705. The zero-order valence-corrected chi connectivity index (χ0v) is 27.7. The van der Waals surface area contributed by atoms with Crippen LogP contribution in [0.2, 0.25) is 0 Å². The summed E-state index contributed by atoms with van der Waals surface area (Å²) in [5.74, 6) is -1.60. The van der Waals surface area contributed by atoms with Gasteiger partial charge in [0.2, 0.25) is 5.91 Å². The molecule has 0 saturated carbocycles. The molecule has 0 unspecified atom stereocenters. The van der Waals surface area contributed by atoms with Crippen LogP contribution in [0.25, 0.3) is 5.69 Å². The second-order valence-electron chi connectivity index (χ2n) is 11.3. The van der Waals surface area contributed by atoms with E-state index in [1.807, 2.05) is 15.2 Å². The first-order valence-electron chi connectivity index (χ1n) is 15.4. The highest BCUT2D eigenvalue weighted by molar-refractivity contribution is 7.09. The van der Waals surface area contributed by atoms with Crippen LogP contribution in [0, 0.1) is 17.7 Å². The van der Waals surface area contributed by atoms with Crippen LogP contribution >= 0.6 is 11.3 Å². The Morgan fingerprint density at radius 1 is 1.21 bits per heavy atom. The van der Waals surface area contributed by atoms with Crippen LogP contribution in [0.1, 0.15) is 41.5 Å². The lowest BCUT2D eigenvalue weighted by molar-refractivity contribution is -0.191. The summed E-state index contributed by atoms with van der Waals surface area (Å²) in [7, 11) is 0. The second kappa shape index (κ2) is 19.3. The molecule has 2 fully saturated rings. The van der Waals surface area contributed by atoms with Crippen molar-refractivity contribution in [3.63, 3.8) is 0 Å². The number of amides is 2. The van der Waals surface area contributed by atoms with Gasteiger partial charge in [-0.1, -0.05) is 37.8 Å². The molecule has 0 bridgehead atoms. The van der Waals surface area contributed by atoms with Crippen LogP contribution in [0.4, 0.5) is 4.39 Å². The zero-order valence-electron chi connectivity index (χ0n) is 26.9. The number of piperidine rings is 1. The normalized spacial score (nSPS) is 17.2. The van der Waals surface area contributed by atoms with Gasteiger partial charge >= 0.3 is 12.1 Å². The van der Waals surface area contributed by atoms with E-state index < -0.39 is 11.8 Å². The van der Waals surface area contributed by atoms with E-state index in [4.69, 9.17) is 19.4 Å². The number of thiazole rings is 1. The lowest BCUT2D eigenvalue weighted by Crippen LogP contribution is -2.56. The van der Waals surface area contributed by atoms with Crippen molar-refractivity contribution in [2.45, 2.75) is 39.2 Å². The number of rotatable bonds is 10. The maximum absolute atomic E-state index is 14.8. The average Bonchev–Trinajstić information content (AvgIpc) is 3.77. The topological polar surface area (TPSA) is 177 Å². The first-order chi connectivity index (χ1) is 23.1. The van der Waals surface area contributed by atoms with Gasteiger partial charge in [-0.3, -0.25) is 9.59 Å². The summed E-state index contributed by atoms with van der Waals surface area (Å²) in [5.41, 5.74) is 1.000. The molecule has 5 rings (SSSR count). The summed E-state index contributed by atoms with van der Waals surface area (Å²) in [5, 5.41) is 22.4. The highest BCUT2D eigenvalue weighted by atomic mass is 32.1. The lowest BCUT2D eigenvalue weighted by atomic mass is 9.92. The van der Waals surface area contributed by atoms with Crippen LogP contribution in [0.3, 0.4) is 0 Å². The number of carboxylic acid groups (broad SMARTS) is 1. The summed E-state index contributed by atoms with van der Waals surface area (Å²) < 4.78 is 21.7. The van der Waals surface area contributed by atoms with E-state index in [-0.39, 0.29) is 47.2 Å². The molecule has 16 heteroatoms. The number of para-hydroxylation sites is 1. The number of nitrogens with one attached hydrogen (secondary N) is 1. The molecular weight excluding hydrogens is 645 g/mol. The van der Waals surface area contributed by atoms with E-state index in [0.29, 0.717) is 70.9 Å². The first kappa shape index (κ1) is 37.8. The van der Waals surface area contributed by atoms with Crippen molar-refractivity contribution in [3.8, 4) is 5.69 Å². The summed E-state index contributed by atoms with van der Waals surface area (Å²) in [6, 6.07) is 6.16. The van der Waals surface area contributed by atoms with E-state index >= 15 is 0 Å². The quantitative estimate of drug-likeness (QED) is 0.299. The first-order valence-corrected chi connectivity index (χ1v) is 16.3. The number of carboxylic acids is 1. The fourth-order valence-corrected chi connectivity index (χ4v) is 6.05. The van der Waals surface area contributed by atoms with Crippen molar-refractivity contribution < 1.29 is 38.2 Å². The Bertz CT molecular complexity index is 1540. The van der Waals surface area contributed by atoms with Gasteiger partial charge in [0.1, 0.15) is 11.5 Å². The number of aliphatic carboxylic acids is 1. The molecule has 2 atom stereocenters. The van der Waals surface area contributed by atoms with Gasteiger partial charge in [0.15, 0.2) is 5.69 Å². The molecule has 0 radical (unpaired) electrons. The Morgan fingerprint density at radius 3 is 2.50 bits per heavy atom. The number of carbonyl (C=O) groups excluding carboxylic acids is 4. The molecule has 0 aliphatic carbocycles. The average molecular weight is 686 g/mol. The minimum absolute atomic E-state index is 0.104. The van der Waals surface area contributed by atoms with Crippen molar-refractivity contribution in [2.24, 2.45) is 11.8 Å². The number of benzene rings is 1. The molecule has 2 amide bonds. The second-order valence-corrected chi connectivity index (χ2v) is 12.3. The van der Waals surface area contributed by atoms with E-state index in [0.717, 1.165) is 11.1 Å². The minimum atomic E-state index is -0.981. The molecule has 14 nitrogen and oxygen atoms in total. The predicted octanol–water partition coefficient (Wildman–Crippen LogP) is 2.26. The van der Waals surface area contributed by atoms with Gasteiger partial charge in [0.25, 0.3) is 5.91 Å². The number of carbonyl (C=O) groups is 3. The zero-order chi connectivity index (χ0) is 35.1. The third-order valence-electron chi connectivity index (χ3n) is 7.54. The number of nitrogens with zero attached hydrogens (tertiary/aromatic N) is 6. The highest BCUT2D eigenvalue weighted by Gasteiger charge is 2.37. The summed E-state index contributed by atoms with van der Waals surface area (Å²) in [6.07, 6.45) is 4.39. The molecular formula is C32H40FN7O7S. The van der Waals surface area contributed by atoms with Crippen molar-refractivity contribution >= 4 is 35.3 Å². The predicted molar refractivity (Wildman–Crippen MR) is 172 cm³/mol. The van der Waals surface area contributed by atoms with E-state index in [2.05, 4.69) is 41.0 Å². The van der Waals surface area contributed by atoms with Gasteiger partial charge in [-0.25, -0.2) is 18.9 Å². The number of aromatic nitrogens is 4. The molecule has 2 aliphatic heterocycles. The SMILES string of the molecule is C=CC(=O)O.CC(C)CN(C(=O)c1nnn(-c2ccccc2F)c1CCc1nccs1)[C@@H]1CNC[C@H](C(=O)N2CCOCC2)C1.O=C=O. The molecule has 258 valence electrons. The molecule has 4 heterocycles. The lowest BCUT2D eigenvalue weighted by Gasteiger charge is -2.40. The van der Waals surface area contributed by atoms with Crippen molar-refractivity contribution in [1.82, 2.24) is 35.1 Å². The van der Waals surface area contributed by atoms with Gasteiger partial charge < -0.3 is 25.0 Å². The third-order valence-corrected chi connectivity index (χ3v) is 8.38. The number of aryl methyl sites for hydroxylation is 1. The largest absolute Gasteiger partial charge is 0.478 e. The van der Waals surface area contributed by atoms with Gasteiger partial charge in [0, 0.05) is 62.8 Å². The Kier molecular flexibility index (Phi) is 15.2. The Morgan fingerprint density at radius 2 is 1.90 bits per heavy atom. The monoisotopic (exact) mass is 685 g/mol. The maximum Gasteiger partial charge on any atom is 0.373 e. The third kappa shape index (κ3) is 10.7.